The van der Waals surface area contributed by atoms with E-state index in [1.54, 1.807) is 0 Å². The van der Waals surface area contributed by atoms with Gasteiger partial charge in [0.2, 0.25) is 5.69 Å². The van der Waals surface area contributed by atoms with Gasteiger partial charge in [-0.05, 0) is 32.0 Å². The van der Waals surface area contributed by atoms with Crippen LogP contribution in [0.5, 0.6) is 0 Å². The Hall–Kier alpha value is -1.94. The molecule has 20 heavy (non-hydrogen) atoms. The molecule has 3 heterocycles. The second-order valence-electron chi connectivity index (χ2n) is 5.12. The van der Waals surface area contributed by atoms with Gasteiger partial charge in [-0.1, -0.05) is 0 Å². The molecule has 3 aromatic heterocycles. The highest BCUT2D eigenvalue weighted by molar-refractivity contribution is 7.15. The third-order valence-corrected chi connectivity index (χ3v) is 4.49. The molecule has 3 rings (SSSR count). The van der Waals surface area contributed by atoms with Crippen LogP contribution >= 0.6 is 11.3 Å². The monoisotopic (exact) mass is 284 g/mol. The largest absolute Gasteiger partial charge is 0.262 e. The first-order valence-corrected chi connectivity index (χ1v) is 7.44. The molecule has 0 saturated carbocycles. The molecule has 102 valence electrons. The van der Waals surface area contributed by atoms with Crippen molar-refractivity contribution in [3.63, 3.8) is 0 Å². The topological polar surface area (TPSA) is 21.7 Å². The minimum Gasteiger partial charge on any atom is -0.262 e. The van der Waals surface area contributed by atoms with Gasteiger partial charge in [-0.25, -0.2) is 0 Å². The maximum Gasteiger partial charge on any atom is 0.231 e. The summed E-state index contributed by atoms with van der Waals surface area (Å²) < 4.78 is 4.08. The molecule has 0 aromatic carbocycles. The second kappa shape index (κ2) is 4.87. The lowest BCUT2D eigenvalue weighted by Crippen LogP contribution is -2.30. The van der Waals surface area contributed by atoms with Crippen LogP contribution in [0.25, 0.3) is 21.8 Å². The van der Waals surface area contributed by atoms with Crippen molar-refractivity contribution in [2.75, 3.05) is 0 Å². The van der Waals surface area contributed by atoms with Gasteiger partial charge < -0.3 is 0 Å². The Bertz CT molecular complexity index is 768. The van der Waals surface area contributed by atoms with Crippen molar-refractivity contribution in [1.29, 1.82) is 0 Å². The number of hydrogen-bond acceptors (Lipinski definition) is 2. The van der Waals surface area contributed by atoms with Gasteiger partial charge >= 0.3 is 0 Å². The van der Waals surface area contributed by atoms with Crippen LogP contribution in [0.2, 0.25) is 0 Å². The summed E-state index contributed by atoms with van der Waals surface area (Å²) >= 11 is 1.83. The normalized spacial score (nSPS) is 11.0. The van der Waals surface area contributed by atoms with E-state index in [1.807, 2.05) is 30.0 Å². The van der Waals surface area contributed by atoms with Crippen LogP contribution in [0.15, 0.2) is 36.5 Å². The van der Waals surface area contributed by atoms with Crippen LogP contribution in [0.4, 0.5) is 0 Å². The number of hydrogen-bond donors (Lipinski definition) is 0. The van der Waals surface area contributed by atoms with Crippen molar-refractivity contribution in [3.05, 3.63) is 47.1 Å². The van der Waals surface area contributed by atoms with E-state index in [0.717, 1.165) is 11.4 Å². The molecule has 0 atom stereocenters. The van der Waals surface area contributed by atoms with Gasteiger partial charge in [0.15, 0.2) is 6.20 Å². The molecule has 0 aliphatic carbocycles. The fraction of sp³-hybridized carbons (Fsp3) is 0.250. The van der Waals surface area contributed by atoms with E-state index in [0.29, 0.717) is 0 Å². The van der Waals surface area contributed by atoms with E-state index in [1.165, 1.54) is 21.0 Å². The van der Waals surface area contributed by atoms with Crippen molar-refractivity contribution in [3.8, 4) is 21.8 Å². The Balaban J connectivity index is 2.14. The van der Waals surface area contributed by atoms with Crippen molar-refractivity contribution in [1.82, 2.24) is 9.78 Å². The van der Waals surface area contributed by atoms with Crippen LogP contribution in [0.1, 0.15) is 10.6 Å². The van der Waals surface area contributed by atoms with Gasteiger partial charge in [-0.2, -0.15) is 9.67 Å². The fourth-order valence-electron chi connectivity index (χ4n) is 2.42. The summed E-state index contributed by atoms with van der Waals surface area (Å²) in [7, 11) is 4.06. The Morgan fingerprint density at radius 2 is 1.95 bits per heavy atom. The number of nitrogens with zero attached hydrogens (tertiary/aromatic N) is 3. The Morgan fingerprint density at radius 3 is 2.55 bits per heavy atom. The molecule has 0 fully saturated rings. The number of thiophene rings is 1. The lowest BCUT2D eigenvalue weighted by atomic mass is 10.1. The summed E-state index contributed by atoms with van der Waals surface area (Å²) in [6.45, 7) is 4.17. The second-order valence-corrected chi connectivity index (χ2v) is 6.40. The van der Waals surface area contributed by atoms with Crippen LogP contribution in [0, 0.1) is 13.8 Å². The Labute approximate surface area is 123 Å². The summed E-state index contributed by atoms with van der Waals surface area (Å²) in [5, 5.41) is 4.44. The molecule has 0 unspecified atom stereocenters. The molecule has 0 amide bonds. The average molecular weight is 284 g/mol. The summed E-state index contributed by atoms with van der Waals surface area (Å²) in [4.78, 5) is 2.65. The van der Waals surface area contributed by atoms with E-state index >= 15 is 0 Å². The zero-order valence-electron chi connectivity index (χ0n) is 12.2. The summed E-state index contributed by atoms with van der Waals surface area (Å²) in [6, 6.07) is 10.9. The first kappa shape index (κ1) is 13.1. The smallest absolute Gasteiger partial charge is 0.231 e. The molecule has 0 bridgehead atoms. The van der Waals surface area contributed by atoms with E-state index in [9.17, 15) is 0 Å². The third-order valence-electron chi connectivity index (χ3n) is 3.44. The molecular weight excluding hydrogens is 266 g/mol. The molecule has 0 aliphatic heterocycles. The molecule has 0 radical (unpaired) electrons. The highest BCUT2D eigenvalue weighted by Crippen LogP contribution is 2.29. The summed E-state index contributed by atoms with van der Waals surface area (Å²) in [5.41, 5.74) is 4.62. The van der Waals surface area contributed by atoms with E-state index in [4.69, 9.17) is 0 Å². The molecule has 4 heteroatoms. The van der Waals surface area contributed by atoms with Crippen molar-refractivity contribution in [2.45, 2.75) is 13.8 Å². The molecule has 3 aromatic rings. The number of aromatic nitrogens is 3. The molecular formula is C16H18N3S+. The number of aryl methyl sites for hydroxylation is 4. The highest BCUT2D eigenvalue weighted by atomic mass is 32.1. The van der Waals surface area contributed by atoms with Crippen molar-refractivity contribution < 1.29 is 4.57 Å². The predicted molar refractivity (Wildman–Crippen MR) is 82.6 cm³/mol. The standard InChI is InChI=1S/C16H18N3S/c1-11-9-15(19(4)17-11)14-10-13(7-8-18(14)3)16-6-5-12(2)20-16/h5-10H,1-4H3/q+1. The minimum atomic E-state index is 1.04. The average Bonchev–Trinajstić information content (AvgIpc) is 2.96. The van der Waals surface area contributed by atoms with E-state index in [2.05, 4.69) is 60.2 Å². The van der Waals surface area contributed by atoms with E-state index in [-0.39, 0.29) is 0 Å². The number of pyridine rings is 1. The SMILES string of the molecule is Cc1cc(-c2cc(-c3ccc(C)s3)cc[n+]2C)n(C)n1. The van der Waals surface area contributed by atoms with Gasteiger partial charge in [0.25, 0.3) is 0 Å². The lowest BCUT2D eigenvalue weighted by molar-refractivity contribution is -0.660. The maximum absolute atomic E-state index is 4.44. The minimum absolute atomic E-state index is 1.04. The first-order chi connectivity index (χ1) is 9.54. The predicted octanol–water partition coefficient (Wildman–Crippen LogP) is 3.26. The Kier molecular flexibility index (Phi) is 3.18. The molecule has 0 aliphatic rings. The highest BCUT2D eigenvalue weighted by Gasteiger charge is 2.16. The first-order valence-electron chi connectivity index (χ1n) is 6.62. The van der Waals surface area contributed by atoms with Crippen LogP contribution in [0.3, 0.4) is 0 Å². The van der Waals surface area contributed by atoms with Gasteiger partial charge in [0.1, 0.15) is 12.7 Å². The third kappa shape index (κ3) is 2.27. The molecule has 0 N–H and O–H groups in total. The molecule has 3 nitrogen and oxygen atoms in total. The van der Waals surface area contributed by atoms with Crippen LogP contribution in [-0.2, 0) is 14.1 Å². The zero-order valence-corrected chi connectivity index (χ0v) is 13.0. The Morgan fingerprint density at radius 1 is 1.15 bits per heavy atom. The van der Waals surface area contributed by atoms with Crippen molar-refractivity contribution in [2.24, 2.45) is 14.1 Å². The summed E-state index contributed by atoms with van der Waals surface area (Å²) in [5.74, 6) is 0. The van der Waals surface area contributed by atoms with Gasteiger partial charge in [0.05, 0.1) is 5.69 Å². The molecule has 0 spiro atoms. The lowest BCUT2D eigenvalue weighted by Gasteiger charge is -2.03. The molecule has 0 saturated heterocycles. The summed E-state index contributed by atoms with van der Waals surface area (Å²) in [6.07, 6.45) is 2.11. The fourth-order valence-corrected chi connectivity index (χ4v) is 3.28. The van der Waals surface area contributed by atoms with E-state index < -0.39 is 0 Å². The van der Waals surface area contributed by atoms with Gasteiger partial charge in [0, 0.05) is 34.5 Å². The van der Waals surface area contributed by atoms with Gasteiger partial charge in [-0.3, -0.25) is 4.68 Å². The maximum atomic E-state index is 4.44. The van der Waals surface area contributed by atoms with Crippen molar-refractivity contribution >= 4 is 11.3 Å². The zero-order chi connectivity index (χ0) is 14.3. The van der Waals surface area contributed by atoms with Crippen LogP contribution in [-0.4, -0.2) is 9.78 Å². The van der Waals surface area contributed by atoms with Crippen LogP contribution < -0.4 is 4.57 Å². The number of rotatable bonds is 2. The van der Waals surface area contributed by atoms with Gasteiger partial charge in [-0.15, -0.1) is 11.3 Å². The quantitative estimate of drug-likeness (QED) is 0.662.